The molecule has 5 nitrogen and oxygen atoms in total. The van der Waals surface area contributed by atoms with Crippen LogP contribution in [0.25, 0.3) is 5.69 Å². The smallest absolute Gasteiger partial charge is 0.362 e. The van der Waals surface area contributed by atoms with Crippen molar-refractivity contribution in [2.45, 2.75) is 6.92 Å². The van der Waals surface area contributed by atoms with E-state index in [0.717, 1.165) is 11.8 Å². The molecule has 104 valence electrons. The van der Waals surface area contributed by atoms with Crippen LogP contribution in [0.3, 0.4) is 0 Å². The zero-order valence-corrected chi connectivity index (χ0v) is 11.4. The SMILES string of the molecule is COC(=O)c1nn(-c2cccc(Cl)c2F)cc(C)c1=O. The van der Waals surface area contributed by atoms with Crippen LogP contribution >= 0.6 is 11.6 Å². The van der Waals surface area contributed by atoms with Crippen molar-refractivity contribution >= 4 is 17.6 Å². The lowest BCUT2D eigenvalue weighted by Gasteiger charge is -2.09. The highest BCUT2D eigenvalue weighted by Gasteiger charge is 2.17. The molecule has 0 radical (unpaired) electrons. The van der Waals surface area contributed by atoms with Gasteiger partial charge in [0.25, 0.3) is 0 Å². The first-order valence-electron chi connectivity index (χ1n) is 5.59. The van der Waals surface area contributed by atoms with Crippen molar-refractivity contribution in [3.05, 3.63) is 56.7 Å². The summed E-state index contributed by atoms with van der Waals surface area (Å²) in [6.07, 6.45) is 1.32. The first-order chi connectivity index (χ1) is 9.45. The van der Waals surface area contributed by atoms with Crippen LogP contribution < -0.4 is 5.43 Å². The lowest BCUT2D eigenvalue weighted by molar-refractivity contribution is 0.0590. The molecular formula is C13H10ClFN2O3. The third-order valence-corrected chi connectivity index (χ3v) is 2.95. The van der Waals surface area contributed by atoms with E-state index in [9.17, 15) is 14.0 Å². The van der Waals surface area contributed by atoms with Gasteiger partial charge in [-0.2, -0.15) is 5.10 Å². The van der Waals surface area contributed by atoms with E-state index >= 15 is 0 Å². The van der Waals surface area contributed by atoms with Crippen LogP contribution in [-0.4, -0.2) is 22.9 Å². The summed E-state index contributed by atoms with van der Waals surface area (Å²) < 4.78 is 19.5. The summed E-state index contributed by atoms with van der Waals surface area (Å²) in [6, 6.07) is 4.35. The molecule has 0 fully saturated rings. The summed E-state index contributed by atoms with van der Waals surface area (Å²) in [4.78, 5) is 23.3. The first-order valence-corrected chi connectivity index (χ1v) is 5.96. The van der Waals surface area contributed by atoms with Crippen molar-refractivity contribution in [2.24, 2.45) is 0 Å². The number of hydrogen-bond donors (Lipinski definition) is 0. The molecule has 0 amide bonds. The summed E-state index contributed by atoms with van der Waals surface area (Å²) in [5, 5.41) is 3.72. The Kier molecular flexibility index (Phi) is 3.85. The molecule has 0 unspecified atom stereocenters. The first kappa shape index (κ1) is 14.2. The van der Waals surface area contributed by atoms with Gasteiger partial charge >= 0.3 is 5.97 Å². The number of aryl methyl sites for hydroxylation is 1. The molecule has 0 N–H and O–H groups in total. The molecule has 1 aromatic heterocycles. The lowest BCUT2D eigenvalue weighted by Crippen LogP contribution is -2.24. The number of rotatable bonds is 2. The minimum absolute atomic E-state index is 0.0331. The van der Waals surface area contributed by atoms with Crippen LogP contribution in [0.15, 0.2) is 29.2 Å². The molecule has 0 atom stereocenters. The van der Waals surface area contributed by atoms with Gasteiger partial charge in [-0.3, -0.25) is 4.79 Å². The summed E-state index contributed by atoms with van der Waals surface area (Å²) >= 11 is 5.69. The standard InChI is InChI=1S/C13H10ClFN2O3/c1-7-6-17(9-5-3-4-8(14)10(9)15)16-11(12(7)18)13(19)20-2/h3-6H,1-2H3. The van der Waals surface area contributed by atoms with Crippen molar-refractivity contribution in [2.75, 3.05) is 7.11 Å². The second-order valence-corrected chi connectivity index (χ2v) is 4.41. The van der Waals surface area contributed by atoms with Gasteiger partial charge in [-0.25, -0.2) is 13.9 Å². The van der Waals surface area contributed by atoms with E-state index < -0.39 is 22.9 Å². The maximum atomic E-state index is 13.9. The normalized spacial score (nSPS) is 10.4. The van der Waals surface area contributed by atoms with Crippen molar-refractivity contribution < 1.29 is 13.9 Å². The fourth-order valence-electron chi connectivity index (χ4n) is 1.63. The summed E-state index contributed by atoms with van der Waals surface area (Å²) in [5.41, 5.74) is -0.701. The number of methoxy groups -OCH3 is 1. The third kappa shape index (κ3) is 2.42. The average molecular weight is 297 g/mol. The van der Waals surface area contributed by atoms with E-state index in [0.29, 0.717) is 0 Å². The second-order valence-electron chi connectivity index (χ2n) is 4.00. The highest BCUT2D eigenvalue weighted by molar-refractivity contribution is 6.30. The molecule has 0 bridgehead atoms. The number of aromatic nitrogens is 2. The number of halogens is 2. The van der Waals surface area contributed by atoms with Crippen LogP contribution in [-0.2, 0) is 4.74 Å². The summed E-state index contributed by atoms with van der Waals surface area (Å²) in [7, 11) is 1.14. The number of esters is 1. The maximum absolute atomic E-state index is 13.9. The van der Waals surface area contributed by atoms with E-state index in [2.05, 4.69) is 9.84 Å². The van der Waals surface area contributed by atoms with Gasteiger partial charge < -0.3 is 4.74 Å². The Morgan fingerprint density at radius 3 is 2.80 bits per heavy atom. The molecular weight excluding hydrogens is 287 g/mol. The predicted molar refractivity (Wildman–Crippen MR) is 70.9 cm³/mol. The van der Waals surface area contributed by atoms with Gasteiger partial charge in [-0.1, -0.05) is 17.7 Å². The fourth-order valence-corrected chi connectivity index (χ4v) is 1.80. The second kappa shape index (κ2) is 5.42. The van der Waals surface area contributed by atoms with Crippen molar-refractivity contribution in [1.29, 1.82) is 0 Å². The predicted octanol–water partition coefficient (Wildman–Crippen LogP) is 2.12. The molecule has 0 aliphatic heterocycles. The van der Waals surface area contributed by atoms with Gasteiger partial charge in [0.05, 0.1) is 12.1 Å². The van der Waals surface area contributed by atoms with Crippen LogP contribution in [0.1, 0.15) is 16.1 Å². The Hall–Kier alpha value is -2.21. The van der Waals surface area contributed by atoms with Crippen molar-refractivity contribution in [1.82, 2.24) is 9.78 Å². The molecule has 0 spiro atoms. The maximum Gasteiger partial charge on any atom is 0.362 e. The van der Waals surface area contributed by atoms with Crippen LogP contribution in [0.4, 0.5) is 4.39 Å². The largest absolute Gasteiger partial charge is 0.464 e. The van der Waals surface area contributed by atoms with Gasteiger partial charge in [0, 0.05) is 11.8 Å². The van der Waals surface area contributed by atoms with Crippen molar-refractivity contribution in [3.63, 3.8) is 0 Å². The minimum atomic E-state index is -0.880. The Morgan fingerprint density at radius 1 is 1.45 bits per heavy atom. The van der Waals surface area contributed by atoms with Crippen LogP contribution in [0, 0.1) is 12.7 Å². The molecule has 20 heavy (non-hydrogen) atoms. The fraction of sp³-hybridized carbons (Fsp3) is 0.154. The summed E-state index contributed by atoms with van der Waals surface area (Å²) in [5.74, 6) is -1.57. The number of ether oxygens (including phenoxy) is 1. The summed E-state index contributed by atoms with van der Waals surface area (Å²) in [6.45, 7) is 1.50. The molecule has 0 aliphatic rings. The molecule has 7 heteroatoms. The lowest BCUT2D eigenvalue weighted by atomic mass is 10.2. The number of benzene rings is 1. The van der Waals surface area contributed by atoms with Gasteiger partial charge in [0.15, 0.2) is 5.82 Å². The van der Waals surface area contributed by atoms with Crippen LogP contribution in [0.2, 0.25) is 5.02 Å². The minimum Gasteiger partial charge on any atom is -0.464 e. The van der Waals surface area contributed by atoms with Crippen molar-refractivity contribution in [3.8, 4) is 5.69 Å². The number of hydrogen-bond acceptors (Lipinski definition) is 4. The van der Waals surface area contributed by atoms with E-state index in [1.807, 2.05) is 0 Å². The Balaban J connectivity index is 2.70. The topological polar surface area (TPSA) is 61.2 Å². The molecule has 2 rings (SSSR count). The Labute approximate surface area is 118 Å². The molecule has 0 saturated carbocycles. The quantitative estimate of drug-likeness (QED) is 0.797. The van der Waals surface area contributed by atoms with E-state index in [1.54, 1.807) is 0 Å². The van der Waals surface area contributed by atoms with Gasteiger partial charge in [-0.15, -0.1) is 0 Å². The number of carbonyl (C=O) groups is 1. The van der Waals surface area contributed by atoms with Crippen LogP contribution in [0.5, 0.6) is 0 Å². The Bertz CT molecular complexity index is 743. The highest BCUT2D eigenvalue weighted by atomic mass is 35.5. The monoisotopic (exact) mass is 296 g/mol. The van der Waals surface area contributed by atoms with Gasteiger partial charge in [-0.05, 0) is 19.1 Å². The van der Waals surface area contributed by atoms with E-state index in [1.165, 1.54) is 31.3 Å². The highest BCUT2D eigenvalue weighted by Crippen LogP contribution is 2.20. The van der Waals surface area contributed by atoms with E-state index in [4.69, 9.17) is 11.6 Å². The third-order valence-electron chi connectivity index (χ3n) is 2.65. The Morgan fingerprint density at radius 2 is 2.15 bits per heavy atom. The van der Waals surface area contributed by atoms with Gasteiger partial charge in [0.1, 0.15) is 5.69 Å². The molecule has 2 aromatic rings. The average Bonchev–Trinajstić information content (AvgIpc) is 2.44. The zero-order chi connectivity index (χ0) is 14.9. The zero-order valence-electron chi connectivity index (χ0n) is 10.7. The number of nitrogens with zero attached hydrogens (tertiary/aromatic N) is 2. The molecule has 0 aliphatic carbocycles. The molecule has 1 heterocycles. The number of carbonyl (C=O) groups excluding carboxylic acids is 1. The molecule has 1 aromatic carbocycles. The van der Waals surface area contributed by atoms with E-state index in [-0.39, 0.29) is 16.3 Å². The van der Waals surface area contributed by atoms with Gasteiger partial charge in [0.2, 0.25) is 11.1 Å². The molecule has 0 saturated heterocycles.